The van der Waals surface area contributed by atoms with Crippen LogP contribution in [0.2, 0.25) is 0 Å². The number of halogens is 1. The Morgan fingerprint density at radius 1 is 1.04 bits per heavy atom. The van der Waals surface area contributed by atoms with Gasteiger partial charge in [0.15, 0.2) is 6.61 Å². The Morgan fingerprint density at radius 3 is 2.29 bits per heavy atom. The van der Waals surface area contributed by atoms with Crippen molar-refractivity contribution in [3.63, 3.8) is 0 Å². The van der Waals surface area contributed by atoms with Gasteiger partial charge in [-0.3, -0.25) is 9.59 Å². The number of amides is 1. The third-order valence-corrected chi connectivity index (χ3v) is 6.68. The molecule has 24 heavy (non-hydrogen) atoms. The molecule has 0 aromatic heterocycles. The molecule has 128 valence electrons. The number of benzene rings is 1. The molecule has 1 N–H and O–H groups in total. The maximum atomic E-state index is 12.5. The molecule has 1 amide bonds. The van der Waals surface area contributed by atoms with E-state index in [0.29, 0.717) is 17.5 Å². The molecule has 0 unspecified atom stereocenters. The molecule has 0 aliphatic heterocycles. The van der Waals surface area contributed by atoms with Crippen LogP contribution in [0, 0.1) is 29.6 Å². The molecule has 4 aliphatic rings. The van der Waals surface area contributed by atoms with Crippen molar-refractivity contribution < 1.29 is 14.3 Å². The largest absolute Gasteiger partial charge is 0.455 e. The minimum Gasteiger partial charge on any atom is -0.455 e. The van der Waals surface area contributed by atoms with E-state index in [1.54, 1.807) is 0 Å². The van der Waals surface area contributed by atoms with Gasteiger partial charge in [0.05, 0.1) is 11.6 Å². The lowest BCUT2D eigenvalue weighted by Crippen LogP contribution is -2.48. The molecule has 0 saturated heterocycles. The van der Waals surface area contributed by atoms with E-state index in [-0.39, 0.29) is 24.4 Å². The van der Waals surface area contributed by atoms with Crippen molar-refractivity contribution in [2.75, 3.05) is 11.9 Å². The second-order valence-electron chi connectivity index (χ2n) is 7.59. The van der Waals surface area contributed by atoms with Crippen molar-refractivity contribution in [3.8, 4) is 0 Å². The first-order valence-electron chi connectivity index (χ1n) is 8.81. The molecule has 4 bridgehead atoms. The Hall–Kier alpha value is -1.36. The van der Waals surface area contributed by atoms with Crippen LogP contribution in [0.5, 0.6) is 0 Å². The summed E-state index contributed by atoms with van der Waals surface area (Å²) in [6.45, 7) is -0.205. The van der Waals surface area contributed by atoms with Crippen LogP contribution in [0.3, 0.4) is 0 Å². The number of anilines is 1. The van der Waals surface area contributed by atoms with E-state index < -0.39 is 0 Å². The van der Waals surface area contributed by atoms with E-state index in [9.17, 15) is 9.59 Å². The highest BCUT2D eigenvalue weighted by atomic mass is 79.9. The molecule has 5 heteroatoms. The summed E-state index contributed by atoms with van der Waals surface area (Å²) in [6.07, 6.45) is 6.07. The summed E-state index contributed by atoms with van der Waals surface area (Å²) in [7, 11) is 0. The van der Waals surface area contributed by atoms with Gasteiger partial charge in [0.2, 0.25) is 0 Å². The number of hydrogen-bond acceptors (Lipinski definition) is 3. The fraction of sp³-hybridized carbons (Fsp3) is 0.579. The van der Waals surface area contributed by atoms with Crippen LogP contribution in [0.1, 0.15) is 32.1 Å². The van der Waals surface area contributed by atoms with Gasteiger partial charge in [-0.25, -0.2) is 0 Å². The topological polar surface area (TPSA) is 55.4 Å². The second-order valence-corrected chi connectivity index (χ2v) is 8.45. The van der Waals surface area contributed by atoms with Gasteiger partial charge >= 0.3 is 5.97 Å². The summed E-state index contributed by atoms with van der Waals surface area (Å²) in [4.78, 5) is 24.6. The zero-order valence-electron chi connectivity index (χ0n) is 13.5. The van der Waals surface area contributed by atoms with E-state index in [1.165, 1.54) is 32.1 Å². The number of carbonyl (C=O) groups excluding carboxylic acids is 2. The molecule has 0 radical (unpaired) electrons. The van der Waals surface area contributed by atoms with Gasteiger partial charge in [-0.15, -0.1) is 0 Å². The predicted octanol–water partition coefficient (Wildman–Crippen LogP) is 4.00. The number of esters is 1. The molecule has 4 saturated carbocycles. The Labute approximate surface area is 150 Å². The van der Waals surface area contributed by atoms with Crippen molar-refractivity contribution in [2.45, 2.75) is 32.1 Å². The van der Waals surface area contributed by atoms with Gasteiger partial charge in [-0.2, -0.15) is 0 Å². The smallest absolute Gasteiger partial charge is 0.310 e. The molecule has 0 spiro atoms. The Morgan fingerprint density at radius 2 is 1.67 bits per heavy atom. The highest BCUT2D eigenvalue weighted by Gasteiger charge is 2.51. The molecule has 1 aromatic carbocycles. The monoisotopic (exact) mass is 391 g/mol. The average molecular weight is 392 g/mol. The molecule has 0 atom stereocenters. The third kappa shape index (κ3) is 3.10. The van der Waals surface area contributed by atoms with Gasteiger partial charge in [-0.05, 0) is 83.8 Å². The predicted molar refractivity (Wildman–Crippen MR) is 94.3 cm³/mol. The standard InChI is InChI=1S/C19H22BrNO3/c20-15-3-1-2-4-16(15)21-17(22)10-24-19(23)18-13-6-11-5-12(8-13)9-14(18)7-11/h1-4,11-14,18H,5-10H2,(H,21,22). The molecule has 4 nitrogen and oxygen atoms in total. The van der Waals surface area contributed by atoms with Crippen molar-refractivity contribution in [3.05, 3.63) is 28.7 Å². The highest BCUT2D eigenvalue weighted by Crippen LogP contribution is 2.56. The van der Waals surface area contributed by atoms with Gasteiger partial charge < -0.3 is 10.1 Å². The van der Waals surface area contributed by atoms with Crippen molar-refractivity contribution >= 4 is 33.5 Å². The number of rotatable bonds is 4. The average Bonchev–Trinajstić information content (AvgIpc) is 2.54. The van der Waals surface area contributed by atoms with Crippen LogP contribution in [0.15, 0.2) is 28.7 Å². The summed E-state index contributed by atoms with van der Waals surface area (Å²) in [5.74, 6) is 2.20. The zero-order valence-corrected chi connectivity index (χ0v) is 15.1. The van der Waals surface area contributed by atoms with Crippen LogP contribution in [0.25, 0.3) is 0 Å². The van der Waals surface area contributed by atoms with Gasteiger partial charge in [0, 0.05) is 4.47 Å². The number of hydrogen-bond donors (Lipinski definition) is 1. The van der Waals surface area contributed by atoms with Crippen LogP contribution < -0.4 is 5.32 Å². The summed E-state index contributed by atoms with van der Waals surface area (Å²) in [5, 5.41) is 2.77. The Balaban J connectivity index is 1.32. The van der Waals surface area contributed by atoms with E-state index in [4.69, 9.17) is 4.74 Å². The second kappa shape index (κ2) is 6.51. The maximum absolute atomic E-state index is 12.5. The first-order valence-corrected chi connectivity index (χ1v) is 9.60. The van der Waals surface area contributed by atoms with Crippen molar-refractivity contribution in [1.29, 1.82) is 0 Å². The minimum absolute atomic E-state index is 0.0223. The van der Waals surface area contributed by atoms with E-state index >= 15 is 0 Å². The van der Waals surface area contributed by atoms with Crippen LogP contribution in [0.4, 0.5) is 5.69 Å². The van der Waals surface area contributed by atoms with Crippen LogP contribution >= 0.6 is 15.9 Å². The van der Waals surface area contributed by atoms with E-state index in [2.05, 4.69) is 21.2 Å². The maximum Gasteiger partial charge on any atom is 0.310 e. The number of para-hydroxylation sites is 1. The fourth-order valence-electron chi connectivity index (χ4n) is 5.29. The van der Waals surface area contributed by atoms with Gasteiger partial charge in [0.25, 0.3) is 5.91 Å². The fourth-order valence-corrected chi connectivity index (χ4v) is 5.68. The van der Waals surface area contributed by atoms with Crippen LogP contribution in [-0.2, 0) is 14.3 Å². The Kier molecular flexibility index (Phi) is 4.37. The first-order chi connectivity index (χ1) is 11.6. The van der Waals surface area contributed by atoms with Crippen molar-refractivity contribution in [2.24, 2.45) is 29.6 Å². The third-order valence-electron chi connectivity index (χ3n) is 5.99. The molecule has 1 aromatic rings. The normalized spacial score (nSPS) is 33.3. The summed E-state index contributed by atoms with van der Waals surface area (Å²) < 4.78 is 6.19. The van der Waals surface area contributed by atoms with Crippen molar-refractivity contribution in [1.82, 2.24) is 0 Å². The van der Waals surface area contributed by atoms with E-state index in [0.717, 1.165) is 16.3 Å². The van der Waals surface area contributed by atoms with Gasteiger partial charge in [-0.1, -0.05) is 12.1 Å². The summed E-state index contributed by atoms with van der Waals surface area (Å²) in [6, 6.07) is 7.39. The number of carbonyl (C=O) groups is 2. The minimum atomic E-state index is -0.293. The van der Waals surface area contributed by atoms with Gasteiger partial charge in [0.1, 0.15) is 0 Å². The highest BCUT2D eigenvalue weighted by molar-refractivity contribution is 9.10. The van der Waals surface area contributed by atoms with E-state index in [1.807, 2.05) is 24.3 Å². The summed E-state index contributed by atoms with van der Waals surface area (Å²) >= 11 is 3.39. The number of ether oxygens (including phenoxy) is 1. The lowest BCUT2D eigenvalue weighted by molar-refractivity contribution is -0.164. The lowest BCUT2D eigenvalue weighted by Gasteiger charge is -2.53. The lowest BCUT2D eigenvalue weighted by atomic mass is 9.52. The molecule has 4 fully saturated rings. The summed E-state index contributed by atoms with van der Waals surface area (Å²) in [5.41, 5.74) is 0.688. The molecule has 0 heterocycles. The number of nitrogens with one attached hydrogen (secondary N) is 1. The molecule has 4 aliphatic carbocycles. The SMILES string of the molecule is O=C(COC(=O)C1C2CC3CC(C2)CC1C3)Nc1ccccc1Br. The molecule has 5 rings (SSSR count). The molecular formula is C19H22BrNO3. The zero-order chi connectivity index (χ0) is 16.7. The quantitative estimate of drug-likeness (QED) is 0.788. The van der Waals surface area contributed by atoms with Crippen LogP contribution in [-0.4, -0.2) is 18.5 Å². The Bertz CT molecular complexity index is 632. The molecular weight excluding hydrogens is 370 g/mol. The first kappa shape index (κ1) is 16.1.